The third-order valence-corrected chi connectivity index (χ3v) is 6.60. The smallest absolute Gasteiger partial charge is 0.173 e. The Morgan fingerprint density at radius 3 is 1.03 bits per heavy atom. The Labute approximate surface area is 227 Å². The molecule has 0 aliphatic rings. The summed E-state index contributed by atoms with van der Waals surface area (Å²) in [6.07, 6.45) is -0.281. The zero-order valence-electron chi connectivity index (χ0n) is 21.7. The van der Waals surface area contributed by atoms with Crippen LogP contribution in [0.4, 0.5) is 0 Å². The first kappa shape index (κ1) is 27.2. The zero-order chi connectivity index (χ0) is 27.8. The second kappa shape index (κ2) is 12.6. The minimum atomic E-state index is -1.26. The summed E-state index contributed by atoms with van der Waals surface area (Å²) in [5, 5.41) is 0. The van der Waals surface area contributed by atoms with Crippen LogP contribution in [-0.4, -0.2) is 37.4 Å². The Kier molecular flexibility index (Phi) is 8.79. The van der Waals surface area contributed by atoms with E-state index in [1.807, 2.05) is 0 Å². The van der Waals surface area contributed by atoms with Crippen molar-refractivity contribution in [2.75, 3.05) is 14.2 Å². The predicted molar refractivity (Wildman–Crippen MR) is 148 cm³/mol. The molecule has 0 heterocycles. The van der Waals surface area contributed by atoms with Crippen LogP contribution in [0.2, 0.25) is 0 Å². The average molecular weight is 521 g/mol. The van der Waals surface area contributed by atoms with Gasteiger partial charge in [0, 0.05) is 22.3 Å². The van der Waals surface area contributed by atoms with Crippen LogP contribution in [0.25, 0.3) is 0 Å². The maximum atomic E-state index is 13.8. The Bertz CT molecular complexity index is 1330. The van der Waals surface area contributed by atoms with Gasteiger partial charge >= 0.3 is 0 Å². The minimum Gasteiger partial charge on any atom is -0.497 e. The summed E-state index contributed by atoms with van der Waals surface area (Å²) in [4.78, 5) is 55.1. The number of rotatable bonds is 12. The summed E-state index contributed by atoms with van der Waals surface area (Å²) in [5.41, 5.74) is 1.22. The van der Waals surface area contributed by atoms with Gasteiger partial charge in [-0.05, 0) is 55.0 Å². The van der Waals surface area contributed by atoms with Crippen molar-refractivity contribution in [2.45, 2.75) is 6.42 Å². The first-order valence-electron chi connectivity index (χ1n) is 12.5. The van der Waals surface area contributed by atoms with Gasteiger partial charge in [0.25, 0.3) is 0 Å². The highest BCUT2D eigenvalue weighted by Crippen LogP contribution is 2.28. The zero-order valence-corrected chi connectivity index (χ0v) is 21.7. The van der Waals surface area contributed by atoms with E-state index < -0.39 is 35.0 Å². The number of Topliss-reactive ketones (excluding diaryl/α,β-unsaturated/α-hetero) is 4. The lowest BCUT2D eigenvalue weighted by atomic mass is 9.78. The number of methoxy groups -OCH3 is 2. The number of ketones is 4. The second-order valence-electron chi connectivity index (χ2n) is 8.99. The lowest BCUT2D eigenvalue weighted by Gasteiger charge is -2.21. The Hall–Kier alpha value is -4.84. The average Bonchev–Trinajstić information content (AvgIpc) is 3.01. The molecule has 0 aliphatic heterocycles. The third kappa shape index (κ3) is 6.36. The molecule has 0 spiro atoms. The fraction of sp³-hybridized carbons (Fsp3) is 0.152. The van der Waals surface area contributed by atoms with Crippen LogP contribution >= 0.6 is 0 Å². The van der Waals surface area contributed by atoms with Crippen molar-refractivity contribution < 1.29 is 28.7 Å². The molecule has 0 fully saturated rings. The molecule has 0 amide bonds. The molecule has 0 N–H and O–H groups in total. The van der Waals surface area contributed by atoms with Crippen molar-refractivity contribution >= 4 is 23.1 Å². The van der Waals surface area contributed by atoms with Crippen LogP contribution in [0.15, 0.2) is 109 Å². The number of hydrogen-bond donors (Lipinski definition) is 0. The van der Waals surface area contributed by atoms with Gasteiger partial charge in [0.15, 0.2) is 23.1 Å². The summed E-state index contributed by atoms with van der Waals surface area (Å²) in [6, 6.07) is 29.7. The molecule has 4 rings (SSSR count). The molecule has 0 saturated carbocycles. The van der Waals surface area contributed by atoms with E-state index in [2.05, 4.69) is 0 Å². The van der Waals surface area contributed by atoms with E-state index >= 15 is 0 Å². The summed E-state index contributed by atoms with van der Waals surface area (Å²) in [6.45, 7) is 0. The highest BCUT2D eigenvalue weighted by Gasteiger charge is 2.37. The number of hydrogen-bond acceptors (Lipinski definition) is 6. The highest BCUT2D eigenvalue weighted by molar-refractivity contribution is 6.19. The van der Waals surface area contributed by atoms with Crippen molar-refractivity contribution in [3.63, 3.8) is 0 Å². The number of carbonyl (C=O) groups is 4. The fourth-order valence-electron chi connectivity index (χ4n) is 4.42. The molecule has 0 radical (unpaired) electrons. The fourth-order valence-corrected chi connectivity index (χ4v) is 4.42. The van der Waals surface area contributed by atoms with Crippen LogP contribution in [-0.2, 0) is 0 Å². The molecule has 0 bridgehead atoms. The summed E-state index contributed by atoms with van der Waals surface area (Å²) in [5.74, 6) is -3.26. The van der Waals surface area contributed by atoms with E-state index in [0.29, 0.717) is 22.6 Å². The largest absolute Gasteiger partial charge is 0.497 e. The standard InChI is InChI=1S/C33H28O6/c1-38-26-17-13-24(14-18-26)32(36)28(30(34)22-9-5-3-6-10-22)21-29(31(35)23-11-7-4-8-12-23)33(37)25-15-19-27(39-2)20-16-25/h3-20,28-29H,21H2,1-2H3. The van der Waals surface area contributed by atoms with E-state index in [9.17, 15) is 19.2 Å². The van der Waals surface area contributed by atoms with E-state index in [1.165, 1.54) is 14.2 Å². The van der Waals surface area contributed by atoms with Gasteiger partial charge in [-0.15, -0.1) is 0 Å². The van der Waals surface area contributed by atoms with Crippen LogP contribution < -0.4 is 9.47 Å². The summed E-state index contributed by atoms with van der Waals surface area (Å²) < 4.78 is 10.4. The molecule has 4 aromatic rings. The van der Waals surface area contributed by atoms with Crippen LogP contribution in [0.5, 0.6) is 11.5 Å². The summed E-state index contributed by atoms with van der Waals surface area (Å²) in [7, 11) is 3.03. The molecular weight excluding hydrogens is 492 g/mol. The maximum Gasteiger partial charge on any atom is 0.173 e. The number of ether oxygens (including phenoxy) is 2. The highest BCUT2D eigenvalue weighted by atomic mass is 16.5. The molecule has 0 aromatic heterocycles. The van der Waals surface area contributed by atoms with Crippen LogP contribution in [0.3, 0.4) is 0 Å². The van der Waals surface area contributed by atoms with E-state index in [-0.39, 0.29) is 17.5 Å². The Morgan fingerprint density at radius 1 is 0.462 bits per heavy atom. The first-order valence-corrected chi connectivity index (χ1v) is 12.5. The van der Waals surface area contributed by atoms with Gasteiger partial charge in [0.2, 0.25) is 0 Å². The van der Waals surface area contributed by atoms with Gasteiger partial charge in [-0.3, -0.25) is 19.2 Å². The monoisotopic (exact) mass is 520 g/mol. The van der Waals surface area contributed by atoms with Crippen LogP contribution in [0, 0.1) is 11.8 Å². The number of benzene rings is 4. The van der Waals surface area contributed by atoms with Crippen molar-refractivity contribution in [1.29, 1.82) is 0 Å². The third-order valence-electron chi connectivity index (χ3n) is 6.60. The van der Waals surface area contributed by atoms with Gasteiger partial charge in [-0.25, -0.2) is 0 Å². The van der Waals surface area contributed by atoms with Crippen molar-refractivity contribution in [2.24, 2.45) is 11.8 Å². The van der Waals surface area contributed by atoms with E-state index in [4.69, 9.17) is 9.47 Å². The normalized spacial score (nSPS) is 12.2. The topological polar surface area (TPSA) is 86.7 Å². The van der Waals surface area contributed by atoms with Gasteiger partial charge in [0.1, 0.15) is 11.5 Å². The Balaban J connectivity index is 1.77. The minimum absolute atomic E-state index is 0.281. The quantitative estimate of drug-likeness (QED) is 0.164. The second-order valence-corrected chi connectivity index (χ2v) is 8.99. The van der Waals surface area contributed by atoms with Gasteiger partial charge in [-0.2, -0.15) is 0 Å². The molecular formula is C33H28O6. The first-order chi connectivity index (χ1) is 18.9. The molecule has 2 atom stereocenters. The molecule has 6 heteroatoms. The van der Waals surface area contributed by atoms with Gasteiger partial charge in [0.05, 0.1) is 26.1 Å². The predicted octanol–water partition coefficient (Wildman–Crippen LogP) is 6.16. The molecule has 0 saturated heterocycles. The lowest BCUT2D eigenvalue weighted by molar-refractivity contribution is 0.0728. The van der Waals surface area contributed by atoms with Crippen molar-refractivity contribution in [1.82, 2.24) is 0 Å². The van der Waals surface area contributed by atoms with Crippen LogP contribution in [0.1, 0.15) is 47.9 Å². The molecule has 0 aliphatic carbocycles. The van der Waals surface area contributed by atoms with E-state index in [1.54, 1.807) is 109 Å². The van der Waals surface area contributed by atoms with Gasteiger partial charge in [-0.1, -0.05) is 60.7 Å². The van der Waals surface area contributed by atoms with Crippen molar-refractivity contribution in [3.8, 4) is 11.5 Å². The number of carbonyl (C=O) groups excluding carboxylic acids is 4. The molecule has 39 heavy (non-hydrogen) atoms. The van der Waals surface area contributed by atoms with Gasteiger partial charge < -0.3 is 9.47 Å². The summed E-state index contributed by atoms with van der Waals surface area (Å²) >= 11 is 0. The molecule has 6 nitrogen and oxygen atoms in total. The maximum absolute atomic E-state index is 13.8. The molecule has 196 valence electrons. The lowest BCUT2D eigenvalue weighted by Crippen LogP contribution is -2.33. The van der Waals surface area contributed by atoms with E-state index in [0.717, 1.165) is 0 Å². The molecule has 2 unspecified atom stereocenters. The van der Waals surface area contributed by atoms with Crippen molar-refractivity contribution in [3.05, 3.63) is 131 Å². The Morgan fingerprint density at radius 2 is 0.744 bits per heavy atom. The molecule has 4 aromatic carbocycles. The SMILES string of the molecule is COc1ccc(C(=O)C(CC(C(=O)c2ccccc2)C(=O)c2ccc(OC)cc2)C(=O)c2ccccc2)cc1.